The largest absolute Gasteiger partial charge is 0.464 e. The number of nitrogens with zero attached hydrogens (tertiary/aromatic N) is 6. The molecule has 12 heteroatoms. The van der Waals surface area contributed by atoms with Gasteiger partial charge in [-0.3, -0.25) is 9.58 Å². The number of morpholine rings is 1. The first kappa shape index (κ1) is 21.5. The fourth-order valence-electron chi connectivity index (χ4n) is 3.20. The number of aromatic nitrogens is 5. The van der Waals surface area contributed by atoms with Gasteiger partial charge in [-0.25, -0.2) is 14.3 Å². The molecule has 1 fully saturated rings. The second kappa shape index (κ2) is 10.0. The van der Waals surface area contributed by atoms with E-state index in [2.05, 4.69) is 35.7 Å². The minimum absolute atomic E-state index is 0.111. The molecule has 0 radical (unpaired) electrons. The van der Waals surface area contributed by atoms with Gasteiger partial charge >= 0.3 is 12.0 Å². The van der Waals surface area contributed by atoms with E-state index in [1.165, 1.54) is 18.0 Å². The number of esters is 1. The third kappa shape index (κ3) is 5.47. The lowest BCUT2D eigenvalue weighted by Crippen LogP contribution is -2.38. The van der Waals surface area contributed by atoms with Gasteiger partial charge in [-0.2, -0.15) is 5.10 Å². The molecule has 0 saturated carbocycles. The van der Waals surface area contributed by atoms with E-state index >= 15 is 0 Å². The average molecular weight is 440 g/mol. The lowest BCUT2D eigenvalue weighted by molar-refractivity contribution is 0.0360. The molecule has 4 rings (SSSR count). The van der Waals surface area contributed by atoms with E-state index in [4.69, 9.17) is 4.74 Å². The highest BCUT2D eigenvalue weighted by atomic mass is 16.5. The zero-order chi connectivity index (χ0) is 22.3. The number of hydrogen-bond acceptors (Lipinski definition) is 8. The van der Waals surface area contributed by atoms with Crippen LogP contribution in [-0.4, -0.2) is 81.6 Å². The van der Waals surface area contributed by atoms with Crippen molar-refractivity contribution in [2.24, 2.45) is 0 Å². The molecule has 0 bridgehead atoms. The van der Waals surface area contributed by atoms with Crippen molar-refractivity contribution in [1.82, 2.24) is 29.7 Å². The molecule has 1 saturated heterocycles. The predicted molar refractivity (Wildman–Crippen MR) is 115 cm³/mol. The van der Waals surface area contributed by atoms with Crippen molar-refractivity contribution < 1.29 is 19.1 Å². The Morgan fingerprint density at radius 1 is 1.06 bits per heavy atom. The summed E-state index contributed by atoms with van der Waals surface area (Å²) >= 11 is 0. The quantitative estimate of drug-likeness (QED) is 0.525. The third-order valence-electron chi connectivity index (χ3n) is 4.92. The number of ether oxygens (including phenoxy) is 2. The number of rotatable bonds is 7. The first-order valence-corrected chi connectivity index (χ1v) is 10.1. The van der Waals surface area contributed by atoms with Gasteiger partial charge in [0.05, 0.1) is 50.6 Å². The Labute approximate surface area is 184 Å². The topological polar surface area (TPSA) is 128 Å². The molecule has 32 heavy (non-hydrogen) atoms. The van der Waals surface area contributed by atoms with Crippen molar-refractivity contribution in [2.45, 2.75) is 6.54 Å². The number of carbonyl (C=O) groups excluding carboxylic acids is 2. The van der Waals surface area contributed by atoms with Gasteiger partial charge in [-0.05, 0) is 24.3 Å². The molecule has 2 N–H and O–H groups in total. The molecule has 1 aliphatic rings. The summed E-state index contributed by atoms with van der Waals surface area (Å²) in [5, 5.41) is 17.5. The summed E-state index contributed by atoms with van der Waals surface area (Å²) in [4.78, 5) is 26.1. The Hall–Kier alpha value is -3.77. The molecule has 3 aromatic rings. The molecule has 1 aromatic carbocycles. The molecule has 0 aliphatic carbocycles. The van der Waals surface area contributed by atoms with Crippen molar-refractivity contribution >= 4 is 23.4 Å². The van der Waals surface area contributed by atoms with E-state index in [9.17, 15) is 9.59 Å². The fourth-order valence-corrected chi connectivity index (χ4v) is 3.20. The smallest absolute Gasteiger partial charge is 0.360 e. The Morgan fingerprint density at radius 2 is 1.81 bits per heavy atom. The van der Waals surface area contributed by atoms with Crippen LogP contribution in [0.2, 0.25) is 0 Å². The van der Waals surface area contributed by atoms with Crippen LogP contribution >= 0.6 is 0 Å². The zero-order valence-electron chi connectivity index (χ0n) is 17.6. The molecule has 1 aliphatic heterocycles. The van der Waals surface area contributed by atoms with Crippen molar-refractivity contribution in [1.29, 1.82) is 0 Å². The maximum Gasteiger partial charge on any atom is 0.360 e. The van der Waals surface area contributed by atoms with Gasteiger partial charge in [-0.1, -0.05) is 5.21 Å². The number of carbonyl (C=O) groups is 2. The Morgan fingerprint density at radius 3 is 2.56 bits per heavy atom. The van der Waals surface area contributed by atoms with Crippen LogP contribution in [0.15, 0.2) is 42.9 Å². The van der Waals surface area contributed by atoms with Crippen LogP contribution < -0.4 is 10.6 Å². The van der Waals surface area contributed by atoms with Crippen LogP contribution in [0.25, 0.3) is 5.69 Å². The Bertz CT molecular complexity index is 1060. The van der Waals surface area contributed by atoms with Gasteiger partial charge in [0.2, 0.25) is 0 Å². The normalized spacial score (nSPS) is 14.2. The van der Waals surface area contributed by atoms with Crippen molar-refractivity contribution in [3.8, 4) is 5.69 Å². The molecule has 0 atom stereocenters. The molecule has 12 nitrogen and oxygen atoms in total. The van der Waals surface area contributed by atoms with Crippen molar-refractivity contribution in [3.05, 3.63) is 48.5 Å². The van der Waals surface area contributed by atoms with Gasteiger partial charge in [0.25, 0.3) is 0 Å². The summed E-state index contributed by atoms with van der Waals surface area (Å²) in [6.07, 6.45) is 4.88. The van der Waals surface area contributed by atoms with Crippen LogP contribution in [0, 0.1) is 0 Å². The number of nitrogens with one attached hydrogen (secondary N) is 2. The molecule has 0 spiro atoms. The number of anilines is 2. The molecular formula is C20H24N8O4. The number of methoxy groups -OCH3 is 1. The van der Waals surface area contributed by atoms with Crippen molar-refractivity contribution in [3.63, 3.8) is 0 Å². The van der Waals surface area contributed by atoms with E-state index in [1.807, 2.05) is 0 Å². The molecular weight excluding hydrogens is 416 g/mol. The van der Waals surface area contributed by atoms with E-state index in [1.54, 1.807) is 41.3 Å². The molecule has 2 aromatic heterocycles. The molecule has 2 amide bonds. The van der Waals surface area contributed by atoms with E-state index < -0.39 is 5.97 Å². The monoisotopic (exact) mass is 440 g/mol. The number of amides is 2. The van der Waals surface area contributed by atoms with E-state index in [-0.39, 0.29) is 11.7 Å². The second-order valence-electron chi connectivity index (χ2n) is 7.11. The highest BCUT2D eigenvalue weighted by Gasteiger charge is 2.12. The summed E-state index contributed by atoms with van der Waals surface area (Å²) in [5.41, 5.74) is 2.00. The van der Waals surface area contributed by atoms with Crippen molar-refractivity contribution in [2.75, 3.05) is 50.6 Å². The third-order valence-corrected chi connectivity index (χ3v) is 4.92. The maximum atomic E-state index is 12.3. The second-order valence-corrected chi connectivity index (χ2v) is 7.11. The lowest BCUT2D eigenvalue weighted by Gasteiger charge is -2.26. The minimum Gasteiger partial charge on any atom is -0.464 e. The minimum atomic E-state index is -0.560. The van der Waals surface area contributed by atoms with Gasteiger partial charge in [0, 0.05) is 31.5 Å². The van der Waals surface area contributed by atoms with Gasteiger partial charge in [-0.15, -0.1) is 5.10 Å². The van der Waals surface area contributed by atoms with Gasteiger partial charge in [0.1, 0.15) is 0 Å². The summed E-state index contributed by atoms with van der Waals surface area (Å²) in [5.74, 6) is -0.560. The highest BCUT2D eigenvalue weighted by Crippen LogP contribution is 2.14. The fraction of sp³-hybridized carbons (Fsp3) is 0.350. The van der Waals surface area contributed by atoms with Crippen LogP contribution in [0.5, 0.6) is 0 Å². The van der Waals surface area contributed by atoms with Crippen LogP contribution in [0.1, 0.15) is 10.5 Å². The molecule has 0 unspecified atom stereocenters. The van der Waals surface area contributed by atoms with Crippen LogP contribution in [-0.2, 0) is 16.0 Å². The summed E-state index contributed by atoms with van der Waals surface area (Å²) in [7, 11) is 1.28. The van der Waals surface area contributed by atoms with E-state index in [0.717, 1.165) is 39.4 Å². The van der Waals surface area contributed by atoms with Gasteiger partial charge < -0.3 is 20.1 Å². The summed E-state index contributed by atoms with van der Waals surface area (Å²) in [6.45, 7) is 5.01. The number of urea groups is 1. The van der Waals surface area contributed by atoms with Crippen LogP contribution in [0.4, 0.5) is 16.2 Å². The predicted octanol–water partition coefficient (Wildman–Crippen LogP) is 1.23. The molecule has 3 heterocycles. The van der Waals surface area contributed by atoms with Crippen LogP contribution in [0.3, 0.4) is 0 Å². The zero-order valence-corrected chi connectivity index (χ0v) is 17.6. The Balaban J connectivity index is 1.27. The summed E-state index contributed by atoms with van der Waals surface area (Å²) < 4.78 is 13.2. The first-order chi connectivity index (χ1) is 15.6. The SMILES string of the molecule is COC(=O)c1cn(-c2ccc(NC(=O)Nc3cnn(CCN4CCOCC4)c3)cc2)nn1. The number of hydrogen-bond donors (Lipinski definition) is 2. The first-order valence-electron chi connectivity index (χ1n) is 10.1. The maximum absolute atomic E-state index is 12.3. The lowest BCUT2D eigenvalue weighted by atomic mass is 10.3. The Kier molecular flexibility index (Phi) is 6.72. The van der Waals surface area contributed by atoms with E-state index in [0.29, 0.717) is 17.1 Å². The van der Waals surface area contributed by atoms with Gasteiger partial charge in [0.15, 0.2) is 5.69 Å². The molecule has 168 valence electrons. The standard InChI is InChI=1S/C20H24N8O4/c1-31-19(29)18-14-28(25-24-18)17-4-2-15(3-5-17)22-20(30)23-16-12-21-27(13-16)7-6-26-8-10-32-11-9-26/h2-5,12-14H,6-11H2,1H3,(H2,22,23,30). The highest BCUT2D eigenvalue weighted by molar-refractivity contribution is 5.99. The summed E-state index contributed by atoms with van der Waals surface area (Å²) in [6, 6.07) is 6.56. The number of benzene rings is 1. The average Bonchev–Trinajstić information content (AvgIpc) is 3.48.